The number of carbonyl (C=O) groups excluding carboxylic acids is 3. The summed E-state index contributed by atoms with van der Waals surface area (Å²) in [4.78, 5) is 48.7. The second-order valence-corrected chi connectivity index (χ2v) is 10.4. The third-order valence-corrected chi connectivity index (χ3v) is 6.37. The van der Waals surface area contributed by atoms with Crippen LogP contribution >= 0.6 is 0 Å². The molecule has 4 atom stereocenters. The smallest absolute Gasteiger partial charge is 0.480 e. The highest BCUT2D eigenvalue weighted by Crippen LogP contribution is 2.31. The first kappa shape index (κ1) is 35.5. The van der Waals surface area contributed by atoms with Crippen molar-refractivity contribution in [3.8, 4) is 11.5 Å². The number of aliphatic carboxylic acids is 1. The molecule has 0 aliphatic rings. The fourth-order valence-electron chi connectivity index (χ4n) is 3.37. The van der Waals surface area contributed by atoms with E-state index >= 15 is 0 Å². The average molecular weight is 584 g/mol. The molecule has 12 nitrogen and oxygen atoms in total. The number of hydrogen-bond donors (Lipinski definition) is 2. The van der Waals surface area contributed by atoms with Gasteiger partial charge in [-0.2, -0.15) is 0 Å². The topological polar surface area (TPSA) is 170 Å². The maximum Gasteiger partial charge on any atom is 0.513 e. The van der Waals surface area contributed by atoms with Gasteiger partial charge in [-0.05, 0) is 42.9 Å². The Morgan fingerprint density at radius 2 is 1.41 bits per heavy atom. The van der Waals surface area contributed by atoms with Crippen molar-refractivity contribution in [2.75, 3.05) is 19.8 Å². The Hall–Kier alpha value is -3.54. The van der Waals surface area contributed by atoms with E-state index in [2.05, 4.69) is 0 Å². The van der Waals surface area contributed by atoms with Crippen LogP contribution < -0.4 is 15.2 Å². The third kappa shape index (κ3) is 13.6. The number of hydrogen-bond acceptors (Lipinski definition) is 11. The largest absolute Gasteiger partial charge is 0.513 e. The first-order chi connectivity index (χ1) is 19.3. The molecule has 0 spiro atoms. The van der Waals surface area contributed by atoms with E-state index in [0.717, 1.165) is 19.3 Å². The molecular formula is C29H45NO11. The Balaban J connectivity index is 3.12. The Bertz CT molecular complexity index is 999. The van der Waals surface area contributed by atoms with Crippen molar-refractivity contribution in [1.82, 2.24) is 0 Å². The van der Waals surface area contributed by atoms with Crippen LogP contribution in [0.25, 0.3) is 0 Å². The summed E-state index contributed by atoms with van der Waals surface area (Å²) in [5, 5.41) is 9.92. The van der Waals surface area contributed by atoms with Crippen molar-refractivity contribution < 1.29 is 52.7 Å². The van der Waals surface area contributed by atoms with E-state index in [-0.39, 0.29) is 56.0 Å². The molecule has 0 amide bonds. The molecule has 1 rings (SSSR count). The number of carbonyl (C=O) groups is 4. The Morgan fingerprint density at radius 1 is 0.854 bits per heavy atom. The third-order valence-electron chi connectivity index (χ3n) is 6.37. The minimum atomic E-state index is -1.87. The molecule has 0 radical (unpaired) electrons. The van der Waals surface area contributed by atoms with E-state index in [9.17, 15) is 24.3 Å². The first-order valence-corrected chi connectivity index (χ1v) is 14.0. The number of nitrogens with two attached hydrogens (primary N) is 1. The maximum atomic E-state index is 12.4. The molecule has 12 heteroatoms. The van der Waals surface area contributed by atoms with Gasteiger partial charge in [0.1, 0.15) is 11.6 Å². The predicted molar refractivity (Wildman–Crippen MR) is 149 cm³/mol. The van der Waals surface area contributed by atoms with Gasteiger partial charge in [0.2, 0.25) is 0 Å². The molecule has 0 fully saturated rings. The maximum absolute atomic E-state index is 12.4. The molecular weight excluding hydrogens is 538 g/mol. The van der Waals surface area contributed by atoms with Crippen molar-refractivity contribution >= 4 is 24.4 Å². The zero-order valence-electron chi connectivity index (χ0n) is 24.9. The van der Waals surface area contributed by atoms with Crippen LogP contribution in [0.3, 0.4) is 0 Å². The van der Waals surface area contributed by atoms with Gasteiger partial charge in [0.25, 0.3) is 0 Å². The summed E-state index contributed by atoms with van der Waals surface area (Å²) in [5.41, 5.74) is 4.73. The van der Waals surface area contributed by atoms with Gasteiger partial charge >= 0.3 is 24.4 Å². The van der Waals surface area contributed by atoms with Gasteiger partial charge in [-0.25, -0.2) is 14.4 Å². The molecule has 0 aliphatic carbocycles. The minimum Gasteiger partial charge on any atom is -0.480 e. The molecule has 0 aliphatic heterocycles. The Morgan fingerprint density at radius 3 is 1.93 bits per heavy atom. The first-order valence-electron chi connectivity index (χ1n) is 14.0. The summed E-state index contributed by atoms with van der Waals surface area (Å²) in [7, 11) is 0. The lowest BCUT2D eigenvalue weighted by molar-refractivity contribution is -0.144. The van der Waals surface area contributed by atoms with Crippen LogP contribution in [0.1, 0.15) is 79.2 Å². The SMILES string of the molecule is CCCCOC(=O)O[C@@H](C)CC(N)(Cc1ccc(OC(=O)OCC(C)CC)c(OC(=O)OCC(C)CC)c1)C(=O)O. The van der Waals surface area contributed by atoms with Crippen LogP contribution in [0.5, 0.6) is 11.5 Å². The van der Waals surface area contributed by atoms with Crippen LogP contribution in [0.15, 0.2) is 18.2 Å². The zero-order valence-corrected chi connectivity index (χ0v) is 24.9. The number of benzene rings is 1. The second-order valence-electron chi connectivity index (χ2n) is 10.4. The van der Waals surface area contributed by atoms with Gasteiger partial charge in [0.05, 0.1) is 19.8 Å². The zero-order chi connectivity index (χ0) is 31.0. The van der Waals surface area contributed by atoms with E-state index in [1.807, 2.05) is 34.6 Å². The number of ether oxygens (including phenoxy) is 6. The predicted octanol–water partition coefficient (Wildman–Crippen LogP) is 5.87. The summed E-state index contributed by atoms with van der Waals surface area (Å²) < 4.78 is 31.0. The molecule has 3 N–H and O–H groups in total. The number of unbranched alkanes of at least 4 members (excludes halogenated alkanes) is 1. The highest BCUT2D eigenvalue weighted by atomic mass is 16.7. The lowest BCUT2D eigenvalue weighted by Gasteiger charge is -2.28. The molecule has 0 saturated heterocycles. The number of rotatable bonds is 17. The molecule has 1 aromatic carbocycles. The molecule has 41 heavy (non-hydrogen) atoms. The lowest BCUT2D eigenvalue weighted by atomic mass is 9.86. The van der Waals surface area contributed by atoms with Crippen LogP contribution in [-0.2, 0) is 30.2 Å². The van der Waals surface area contributed by atoms with Crippen molar-refractivity contribution in [3.63, 3.8) is 0 Å². The van der Waals surface area contributed by atoms with E-state index in [1.54, 1.807) is 0 Å². The van der Waals surface area contributed by atoms with Gasteiger partial charge < -0.3 is 39.3 Å². The standard InChI is InChI=1S/C29H45NO11/c1-7-10-13-36-26(33)39-21(6)15-29(30,25(31)32)16-22-11-12-23(40-27(34)37-17-19(4)8-2)24(14-22)41-28(35)38-18-20(5)9-3/h11-12,14,19-21H,7-10,13,15-18,30H2,1-6H3,(H,31,32)/t19?,20?,21-,29?/m0/s1. The van der Waals surface area contributed by atoms with Crippen molar-refractivity contribution in [3.05, 3.63) is 23.8 Å². The second kappa shape index (κ2) is 18.0. The summed E-state index contributed by atoms with van der Waals surface area (Å²) in [5.74, 6) is -1.44. The molecule has 232 valence electrons. The quantitative estimate of drug-likeness (QED) is 0.0969. The van der Waals surface area contributed by atoms with Gasteiger partial charge in [-0.1, -0.05) is 59.9 Å². The number of carboxylic acid groups (broad SMARTS) is 1. The fraction of sp³-hybridized carbons (Fsp3) is 0.655. The van der Waals surface area contributed by atoms with E-state index in [1.165, 1.54) is 25.1 Å². The normalized spacial score (nSPS) is 14.5. The van der Waals surface area contributed by atoms with Crippen molar-refractivity contribution in [2.24, 2.45) is 17.6 Å². The van der Waals surface area contributed by atoms with Gasteiger partial charge in [-0.3, -0.25) is 4.79 Å². The van der Waals surface area contributed by atoms with Crippen molar-refractivity contribution in [1.29, 1.82) is 0 Å². The fourth-order valence-corrected chi connectivity index (χ4v) is 3.37. The summed E-state index contributed by atoms with van der Waals surface area (Å²) >= 11 is 0. The molecule has 1 aromatic rings. The summed E-state index contributed by atoms with van der Waals surface area (Å²) in [6.07, 6.45) is -1.20. The molecule has 0 bridgehead atoms. The average Bonchev–Trinajstić information content (AvgIpc) is 2.91. The van der Waals surface area contributed by atoms with E-state index in [4.69, 9.17) is 34.2 Å². The van der Waals surface area contributed by atoms with Crippen LogP contribution in [0.2, 0.25) is 0 Å². The van der Waals surface area contributed by atoms with E-state index < -0.39 is 36.1 Å². The van der Waals surface area contributed by atoms with Crippen LogP contribution in [0, 0.1) is 11.8 Å². The van der Waals surface area contributed by atoms with Gasteiger partial charge in [0, 0.05) is 12.8 Å². The molecule has 3 unspecified atom stereocenters. The minimum absolute atomic E-state index is 0.0988. The van der Waals surface area contributed by atoms with E-state index in [0.29, 0.717) is 12.0 Å². The Labute approximate surface area is 241 Å². The molecule has 0 heterocycles. The van der Waals surface area contributed by atoms with Gasteiger partial charge in [-0.15, -0.1) is 0 Å². The Kier molecular flexibility index (Phi) is 15.6. The molecule has 0 aromatic heterocycles. The highest BCUT2D eigenvalue weighted by molar-refractivity contribution is 5.79. The molecule has 0 saturated carbocycles. The monoisotopic (exact) mass is 583 g/mol. The van der Waals surface area contributed by atoms with Gasteiger partial charge in [0.15, 0.2) is 11.5 Å². The highest BCUT2D eigenvalue weighted by Gasteiger charge is 2.37. The van der Waals surface area contributed by atoms with Crippen LogP contribution in [-0.4, -0.2) is 61.0 Å². The lowest BCUT2D eigenvalue weighted by Crippen LogP contribution is -2.52. The summed E-state index contributed by atoms with van der Waals surface area (Å²) in [6, 6.07) is 4.14. The van der Waals surface area contributed by atoms with Crippen LogP contribution in [0.4, 0.5) is 14.4 Å². The van der Waals surface area contributed by atoms with Crippen molar-refractivity contribution in [2.45, 2.75) is 91.7 Å². The number of carboxylic acids is 1. The summed E-state index contributed by atoms with van der Waals surface area (Å²) in [6.45, 7) is 11.6.